The van der Waals surface area contributed by atoms with Crippen LogP contribution >= 0.6 is 0 Å². The molecule has 3 N–H and O–H groups in total. The summed E-state index contributed by atoms with van der Waals surface area (Å²) in [5.74, 6) is -0.0405. The SMILES string of the molecule is COc1ccc(C(C)NC(=O)c2cc(O)[nH]c(=O)c2)cc1. The van der Waals surface area contributed by atoms with Gasteiger partial charge >= 0.3 is 0 Å². The van der Waals surface area contributed by atoms with Gasteiger partial charge < -0.3 is 15.2 Å². The van der Waals surface area contributed by atoms with Gasteiger partial charge in [0.15, 0.2) is 5.88 Å². The molecule has 0 aliphatic carbocycles. The highest BCUT2D eigenvalue weighted by molar-refractivity contribution is 5.94. The maximum absolute atomic E-state index is 12.1. The van der Waals surface area contributed by atoms with Crippen LogP contribution in [0.1, 0.15) is 28.9 Å². The van der Waals surface area contributed by atoms with Crippen LogP contribution in [0.4, 0.5) is 0 Å². The number of benzene rings is 1. The van der Waals surface area contributed by atoms with Crippen LogP contribution in [0.5, 0.6) is 11.6 Å². The predicted octanol–water partition coefficient (Wildman–Crippen LogP) is 1.58. The second-order valence-electron chi connectivity index (χ2n) is 4.59. The van der Waals surface area contributed by atoms with E-state index in [-0.39, 0.29) is 17.5 Å². The zero-order chi connectivity index (χ0) is 15.4. The minimum absolute atomic E-state index is 0.108. The molecule has 110 valence electrons. The highest BCUT2D eigenvalue weighted by Gasteiger charge is 2.13. The number of aromatic amines is 1. The van der Waals surface area contributed by atoms with Crippen molar-refractivity contribution in [2.24, 2.45) is 0 Å². The van der Waals surface area contributed by atoms with Crippen LogP contribution in [0.2, 0.25) is 0 Å². The predicted molar refractivity (Wildman–Crippen MR) is 77.6 cm³/mol. The molecule has 1 aromatic carbocycles. The van der Waals surface area contributed by atoms with E-state index in [1.54, 1.807) is 19.2 Å². The van der Waals surface area contributed by atoms with Gasteiger partial charge in [0, 0.05) is 12.1 Å². The van der Waals surface area contributed by atoms with Gasteiger partial charge in [0.2, 0.25) is 0 Å². The lowest BCUT2D eigenvalue weighted by Gasteiger charge is -2.14. The Morgan fingerprint density at radius 2 is 1.95 bits per heavy atom. The van der Waals surface area contributed by atoms with E-state index < -0.39 is 11.5 Å². The molecular weight excluding hydrogens is 272 g/mol. The normalized spacial score (nSPS) is 11.7. The maximum Gasteiger partial charge on any atom is 0.252 e. The van der Waals surface area contributed by atoms with Crippen LogP contribution in [-0.2, 0) is 0 Å². The number of nitrogens with one attached hydrogen (secondary N) is 2. The number of carbonyl (C=O) groups excluding carboxylic acids is 1. The number of hydrogen-bond donors (Lipinski definition) is 3. The zero-order valence-corrected chi connectivity index (χ0v) is 11.7. The summed E-state index contributed by atoms with van der Waals surface area (Å²) in [6, 6.07) is 9.39. The Hall–Kier alpha value is -2.76. The van der Waals surface area contributed by atoms with E-state index >= 15 is 0 Å². The molecule has 21 heavy (non-hydrogen) atoms. The molecule has 1 aromatic heterocycles. The van der Waals surface area contributed by atoms with Crippen molar-refractivity contribution in [1.82, 2.24) is 10.3 Å². The molecule has 0 saturated heterocycles. The summed E-state index contributed by atoms with van der Waals surface area (Å²) in [4.78, 5) is 25.5. The lowest BCUT2D eigenvalue weighted by molar-refractivity contribution is 0.0939. The Morgan fingerprint density at radius 3 is 2.52 bits per heavy atom. The molecule has 6 heteroatoms. The van der Waals surface area contributed by atoms with Crippen molar-refractivity contribution in [2.45, 2.75) is 13.0 Å². The highest BCUT2D eigenvalue weighted by Crippen LogP contribution is 2.17. The van der Waals surface area contributed by atoms with Gasteiger partial charge in [-0.25, -0.2) is 0 Å². The fraction of sp³-hybridized carbons (Fsp3) is 0.200. The third-order valence-corrected chi connectivity index (χ3v) is 3.06. The van der Waals surface area contributed by atoms with E-state index in [0.29, 0.717) is 0 Å². The second kappa shape index (κ2) is 6.13. The van der Waals surface area contributed by atoms with Crippen molar-refractivity contribution in [3.8, 4) is 11.6 Å². The minimum Gasteiger partial charge on any atom is -0.497 e. The van der Waals surface area contributed by atoms with Gasteiger partial charge in [0.1, 0.15) is 5.75 Å². The largest absolute Gasteiger partial charge is 0.497 e. The van der Waals surface area contributed by atoms with E-state index in [1.165, 1.54) is 6.07 Å². The van der Waals surface area contributed by atoms with Gasteiger partial charge in [-0.3, -0.25) is 14.6 Å². The van der Waals surface area contributed by atoms with Crippen molar-refractivity contribution >= 4 is 5.91 Å². The van der Waals surface area contributed by atoms with Crippen LogP contribution in [0.3, 0.4) is 0 Å². The lowest BCUT2D eigenvalue weighted by Crippen LogP contribution is -2.27. The summed E-state index contributed by atoms with van der Waals surface area (Å²) in [6.45, 7) is 1.83. The van der Waals surface area contributed by atoms with E-state index in [1.807, 2.05) is 19.1 Å². The lowest BCUT2D eigenvalue weighted by atomic mass is 10.1. The fourth-order valence-electron chi connectivity index (χ4n) is 1.92. The molecular formula is C15H16N2O4. The third-order valence-electron chi connectivity index (χ3n) is 3.06. The quantitative estimate of drug-likeness (QED) is 0.796. The number of H-pyrrole nitrogens is 1. The van der Waals surface area contributed by atoms with Gasteiger partial charge in [-0.1, -0.05) is 12.1 Å². The molecule has 2 aromatic rings. The van der Waals surface area contributed by atoms with Gasteiger partial charge in [0.25, 0.3) is 11.5 Å². The van der Waals surface area contributed by atoms with Crippen LogP contribution in [0, 0.1) is 0 Å². The first-order chi connectivity index (χ1) is 9.99. The molecule has 1 unspecified atom stereocenters. The van der Waals surface area contributed by atoms with Gasteiger partial charge in [0.05, 0.1) is 18.7 Å². The molecule has 0 spiro atoms. The number of aromatic nitrogens is 1. The Bertz CT molecular complexity index is 692. The van der Waals surface area contributed by atoms with E-state index in [2.05, 4.69) is 10.3 Å². The highest BCUT2D eigenvalue weighted by atomic mass is 16.5. The van der Waals surface area contributed by atoms with Gasteiger partial charge in [-0.05, 0) is 24.6 Å². The zero-order valence-electron chi connectivity index (χ0n) is 11.7. The monoisotopic (exact) mass is 288 g/mol. The Balaban J connectivity index is 2.12. The molecule has 1 heterocycles. The second-order valence-corrected chi connectivity index (χ2v) is 4.59. The fourth-order valence-corrected chi connectivity index (χ4v) is 1.92. The third kappa shape index (κ3) is 3.62. The summed E-state index contributed by atoms with van der Waals surface area (Å²) in [5, 5.41) is 12.1. The smallest absolute Gasteiger partial charge is 0.252 e. The van der Waals surface area contributed by atoms with Gasteiger partial charge in [-0.15, -0.1) is 0 Å². The molecule has 0 aliphatic rings. The topological polar surface area (TPSA) is 91.4 Å². The molecule has 0 fully saturated rings. The number of pyridine rings is 1. The number of hydrogen-bond acceptors (Lipinski definition) is 4. The van der Waals surface area contributed by atoms with Crippen molar-refractivity contribution < 1.29 is 14.6 Å². The number of carbonyl (C=O) groups is 1. The Labute approximate surface area is 121 Å². The van der Waals surface area contributed by atoms with Crippen molar-refractivity contribution in [3.05, 3.63) is 57.9 Å². The molecule has 1 atom stereocenters. The Morgan fingerprint density at radius 1 is 1.29 bits per heavy atom. The summed E-state index contributed by atoms with van der Waals surface area (Å²) in [5.41, 5.74) is 0.479. The average molecular weight is 288 g/mol. The molecule has 0 bridgehead atoms. The van der Waals surface area contributed by atoms with Gasteiger partial charge in [-0.2, -0.15) is 0 Å². The maximum atomic E-state index is 12.1. The molecule has 6 nitrogen and oxygen atoms in total. The molecule has 0 radical (unpaired) electrons. The average Bonchev–Trinajstić information content (AvgIpc) is 2.46. The summed E-state index contributed by atoms with van der Waals surface area (Å²) in [6.07, 6.45) is 0. The number of rotatable bonds is 4. The van der Waals surface area contributed by atoms with E-state index in [4.69, 9.17) is 4.74 Å². The number of aromatic hydroxyl groups is 1. The number of ether oxygens (including phenoxy) is 1. The Kier molecular flexibility index (Phi) is 4.27. The first-order valence-corrected chi connectivity index (χ1v) is 6.37. The first-order valence-electron chi connectivity index (χ1n) is 6.37. The van der Waals surface area contributed by atoms with Crippen molar-refractivity contribution in [1.29, 1.82) is 0 Å². The molecule has 1 amide bonds. The van der Waals surface area contributed by atoms with Crippen molar-refractivity contribution in [3.63, 3.8) is 0 Å². The molecule has 2 rings (SSSR count). The summed E-state index contributed by atoms with van der Waals surface area (Å²) >= 11 is 0. The van der Waals surface area contributed by atoms with Crippen molar-refractivity contribution in [2.75, 3.05) is 7.11 Å². The number of amides is 1. The summed E-state index contributed by atoms with van der Waals surface area (Å²) < 4.78 is 5.07. The summed E-state index contributed by atoms with van der Waals surface area (Å²) in [7, 11) is 1.58. The molecule has 0 aliphatic heterocycles. The van der Waals surface area contributed by atoms with Crippen LogP contribution in [0.15, 0.2) is 41.2 Å². The van der Waals surface area contributed by atoms with Crippen LogP contribution in [0.25, 0.3) is 0 Å². The first kappa shape index (κ1) is 14.6. The standard InChI is InChI=1S/C15H16N2O4/c1-9(10-3-5-12(21-2)6-4-10)16-15(20)11-7-13(18)17-14(19)8-11/h3-9H,1-2H3,(H,16,20)(H2,17,18,19). The van der Waals surface area contributed by atoms with E-state index in [0.717, 1.165) is 17.4 Å². The molecule has 0 saturated carbocycles. The minimum atomic E-state index is -0.530. The van der Waals surface area contributed by atoms with E-state index in [9.17, 15) is 14.7 Å². The number of methoxy groups -OCH3 is 1. The van der Waals surface area contributed by atoms with Crippen LogP contribution < -0.4 is 15.6 Å². The van der Waals surface area contributed by atoms with Crippen LogP contribution in [-0.4, -0.2) is 23.1 Å².